The van der Waals surface area contributed by atoms with E-state index in [4.69, 9.17) is 9.16 Å². The van der Waals surface area contributed by atoms with Crippen LogP contribution in [-0.2, 0) is 9.16 Å². The normalized spacial score (nSPS) is 15.6. The van der Waals surface area contributed by atoms with E-state index in [1.807, 2.05) is 6.92 Å². The molecule has 3 heteroatoms. The first kappa shape index (κ1) is 14.1. The van der Waals surface area contributed by atoms with E-state index in [1.54, 1.807) is 0 Å². The molecule has 1 atom stereocenters. The fourth-order valence-electron chi connectivity index (χ4n) is 0.998. The predicted octanol–water partition coefficient (Wildman–Crippen LogP) is 3.43. The van der Waals surface area contributed by atoms with Gasteiger partial charge in [-0.05, 0) is 32.0 Å². The zero-order valence-corrected chi connectivity index (χ0v) is 11.8. The van der Waals surface area contributed by atoms with Gasteiger partial charge in [-0.15, -0.1) is 0 Å². The van der Waals surface area contributed by atoms with Gasteiger partial charge in [-0.2, -0.15) is 0 Å². The van der Waals surface area contributed by atoms with Crippen molar-refractivity contribution >= 4 is 8.32 Å². The average molecular weight is 218 g/mol. The summed E-state index contributed by atoms with van der Waals surface area (Å²) in [6, 6.07) is 0. The van der Waals surface area contributed by atoms with E-state index in [1.165, 1.54) is 0 Å². The molecule has 0 aliphatic rings. The Morgan fingerprint density at radius 2 is 1.71 bits per heavy atom. The van der Waals surface area contributed by atoms with Gasteiger partial charge in [-0.3, -0.25) is 0 Å². The Morgan fingerprint density at radius 3 is 2.07 bits per heavy atom. The SMILES string of the molecule is CCOCC(C)O[Si](C)(C)C(C)(C)C. The third-order valence-corrected chi connectivity index (χ3v) is 7.46. The van der Waals surface area contributed by atoms with E-state index in [0.717, 1.165) is 6.61 Å². The van der Waals surface area contributed by atoms with Crippen LogP contribution in [0.5, 0.6) is 0 Å². The van der Waals surface area contributed by atoms with Crippen molar-refractivity contribution in [3.05, 3.63) is 0 Å². The Bertz CT molecular complexity index is 161. The number of rotatable bonds is 5. The van der Waals surface area contributed by atoms with Gasteiger partial charge in [-0.25, -0.2) is 0 Å². The molecule has 2 nitrogen and oxygen atoms in total. The van der Waals surface area contributed by atoms with Crippen molar-refractivity contribution in [2.45, 2.75) is 58.9 Å². The number of hydrogen-bond donors (Lipinski definition) is 0. The smallest absolute Gasteiger partial charge is 0.192 e. The average Bonchev–Trinajstić information content (AvgIpc) is 1.97. The van der Waals surface area contributed by atoms with Crippen molar-refractivity contribution in [3.8, 4) is 0 Å². The van der Waals surface area contributed by atoms with Gasteiger partial charge < -0.3 is 9.16 Å². The summed E-state index contributed by atoms with van der Waals surface area (Å²) in [6.45, 7) is 16.9. The topological polar surface area (TPSA) is 18.5 Å². The van der Waals surface area contributed by atoms with Gasteiger partial charge in [0.1, 0.15) is 0 Å². The van der Waals surface area contributed by atoms with Gasteiger partial charge in [0.05, 0.1) is 12.7 Å². The molecular formula is C11H26O2Si. The summed E-state index contributed by atoms with van der Waals surface area (Å²) in [5.41, 5.74) is 0. The third-order valence-electron chi connectivity index (χ3n) is 2.86. The first-order valence-corrected chi connectivity index (χ1v) is 8.37. The van der Waals surface area contributed by atoms with Gasteiger partial charge in [0, 0.05) is 6.61 Å². The summed E-state index contributed by atoms with van der Waals surface area (Å²) in [4.78, 5) is 0. The van der Waals surface area contributed by atoms with Crippen LogP contribution in [0.4, 0.5) is 0 Å². The molecule has 1 unspecified atom stereocenters. The molecule has 86 valence electrons. The molecule has 0 rings (SSSR count). The van der Waals surface area contributed by atoms with E-state index in [9.17, 15) is 0 Å². The predicted molar refractivity (Wildman–Crippen MR) is 64.2 cm³/mol. The van der Waals surface area contributed by atoms with Crippen LogP contribution in [0.1, 0.15) is 34.6 Å². The summed E-state index contributed by atoms with van der Waals surface area (Å²) in [5, 5.41) is 0.285. The van der Waals surface area contributed by atoms with E-state index < -0.39 is 8.32 Å². The number of ether oxygens (including phenoxy) is 1. The Labute approximate surface area is 90.1 Å². The van der Waals surface area contributed by atoms with Crippen LogP contribution >= 0.6 is 0 Å². The summed E-state index contributed by atoms with van der Waals surface area (Å²) in [7, 11) is -1.60. The largest absolute Gasteiger partial charge is 0.412 e. The van der Waals surface area contributed by atoms with Gasteiger partial charge >= 0.3 is 0 Å². The maximum Gasteiger partial charge on any atom is 0.192 e. The zero-order valence-electron chi connectivity index (χ0n) is 10.8. The Morgan fingerprint density at radius 1 is 1.21 bits per heavy atom. The summed E-state index contributed by atoms with van der Waals surface area (Å²) in [5.74, 6) is 0. The maximum atomic E-state index is 6.12. The highest BCUT2D eigenvalue weighted by atomic mass is 28.4. The molecule has 0 N–H and O–H groups in total. The van der Waals surface area contributed by atoms with Crippen molar-refractivity contribution in [3.63, 3.8) is 0 Å². The minimum Gasteiger partial charge on any atom is -0.412 e. The van der Waals surface area contributed by atoms with Crippen molar-refractivity contribution in [2.75, 3.05) is 13.2 Å². The van der Waals surface area contributed by atoms with Gasteiger partial charge in [-0.1, -0.05) is 20.8 Å². The highest BCUT2D eigenvalue weighted by Crippen LogP contribution is 2.37. The molecule has 0 bridgehead atoms. The second kappa shape index (κ2) is 5.28. The molecule has 0 saturated heterocycles. The number of hydrogen-bond acceptors (Lipinski definition) is 2. The van der Waals surface area contributed by atoms with Crippen molar-refractivity contribution in [1.29, 1.82) is 0 Å². The standard InChI is InChI=1S/C11H26O2Si/c1-8-12-9-10(2)13-14(6,7)11(3,4)5/h10H,8-9H2,1-7H3. The summed E-state index contributed by atoms with van der Waals surface area (Å²) < 4.78 is 11.5. The minimum atomic E-state index is -1.60. The van der Waals surface area contributed by atoms with Crippen LogP contribution in [-0.4, -0.2) is 27.6 Å². The molecule has 0 aliphatic heterocycles. The molecule has 0 aromatic carbocycles. The van der Waals surface area contributed by atoms with Crippen LogP contribution in [0.15, 0.2) is 0 Å². The van der Waals surface area contributed by atoms with Crippen LogP contribution in [0.2, 0.25) is 18.1 Å². The molecule has 0 radical (unpaired) electrons. The van der Waals surface area contributed by atoms with E-state index in [2.05, 4.69) is 40.8 Å². The van der Waals surface area contributed by atoms with Crippen LogP contribution < -0.4 is 0 Å². The molecule has 0 aliphatic carbocycles. The summed E-state index contributed by atoms with van der Waals surface area (Å²) >= 11 is 0. The van der Waals surface area contributed by atoms with Crippen LogP contribution in [0.25, 0.3) is 0 Å². The molecular weight excluding hydrogens is 192 g/mol. The van der Waals surface area contributed by atoms with Crippen molar-refractivity contribution < 1.29 is 9.16 Å². The first-order valence-electron chi connectivity index (χ1n) is 5.46. The molecule has 0 fully saturated rings. The monoisotopic (exact) mass is 218 g/mol. The van der Waals surface area contributed by atoms with Crippen molar-refractivity contribution in [1.82, 2.24) is 0 Å². The van der Waals surface area contributed by atoms with Crippen LogP contribution in [0.3, 0.4) is 0 Å². The maximum absolute atomic E-state index is 6.12. The second-order valence-corrected chi connectivity index (χ2v) is 10.1. The van der Waals surface area contributed by atoms with E-state index in [0.29, 0.717) is 6.61 Å². The molecule has 14 heavy (non-hydrogen) atoms. The van der Waals surface area contributed by atoms with E-state index >= 15 is 0 Å². The lowest BCUT2D eigenvalue weighted by Gasteiger charge is -2.38. The quantitative estimate of drug-likeness (QED) is 0.658. The molecule has 0 amide bonds. The first-order chi connectivity index (χ1) is 6.20. The lowest BCUT2D eigenvalue weighted by atomic mass is 10.2. The summed E-state index contributed by atoms with van der Waals surface area (Å²) in [6.07, 6.45) is 0.218. The lowest BCUT2D eigenvalue weighted by Crippen LogP contribution is -2.44. The zero-order chi connectivity index (χ0) is 11.4. The highest BCUT2D eigenvalue weighted by Gasteiger charge is 2.38. The third kappa shape index (κ3) is 4.58. The molecule has 0 saturated carbocycles. The fourth-order valence-corrected chi connectivity index (χ4v) is 2.43. The lowest BCUT2D eigenvalue weighted by molar-refractivity contribution is 0.0584. The molecule has 0 spiro atoms. The molecule has 0 aromatic heterocycles. The van der Waals surface area contributed by atoms with E-state index in [-0.39, 0.29) is 11.1 Å². The van der Waals surface area contributed by atoms with Crippen LogP contribution in [0, 0.1) is 0 Å². The van der Waals surface area contributed by atoms with Gasteiger partial charge in [0.15, 0.2) is 8.32 Å². The Hall–Kier alpha value is 0.137. The Balaban J connectivity index is 4.08. The van der Waals surface area contributed by atoms with Crippen molar-refractivity contribution in [2.24, 2.45) is 0 Å². The second-order valence-electron chi connectivity index (χ2n) is 5.35. The minimum absolute atomic E-state index is 0.218. The molecule has 0 aromatic rings. The Kier molecular flexibility index (Phi) is 5.34. The van der Waals surface area contributed by atoms with Gasteiger partial charge in [0.25, 0.3) is 0 Å². The fraction of sp³-hybridized carbons (Fsp3) is 1.00. The highest BCUT2D eigenvalue weighted by molar-refractivity contribution is 6.74. The molecule has 0 heterocycles. The van der Waals surface area contributed by atoms with Gasteiger partial charge in [0.2, 0.25) is 0 Å².